The lowest BCUT2D eigenvalue weighted by molar-refractivity contribution is 0.0168. The molecule has 5 heteroatoms. The van der Waals surface area contributed by atoms with E-state index in [0.29, 0.717) is 6.61 Å². The van der Waals surface area contributed by atoms with Gasteiger partial charge in [-0.1, -0.05) is 6.07 Å². The molecule has 0 saturated carbocycles. The van der Waals surface area contributed by atoms with Gasteiger partial charge in [-0.3, -0.25) is 0 Å². The van der Waals surface area contributed by atoms with Gasteiger partial charge in [-0.05, 0) is 24.4 Å². The average Bonchev–Trinajstić information content (AvgIpc) is 2.68. The van der Waals surface area contributed by atoms with E-state index in [4.69, 9.17) is 4.74 Å². The normalized spacial score (nSPS) is 11.1. The van der Waals surface area contributed by atoms with Crippen LogP contribution in [0.15, 0.2) is 17.5 Å². The van der Waals surface area contributed by atoms with Gasteiger partial charge < -0.3 is 10.1 Å². The summed E-state index contributed by atoms with van der Waals surface area (Å²) in [5, 5.41) is 5.25. The first-order chi connectivity index (χ1) is 7.29. The number of hydrogen-bond acceptors (Lipinski definition) is 3. The predicted molar refractivity (Wildman–Crippen MR) is 57.5 cm³/mol. The molecule has 0 unspecified atom stereocenters. The number of halogens is 2. The Morgan fingerprint density at radius 2 is 2.33 bits per heavy atom. The molecule has 0 spiro atoms. The molecule has 15 heavy (non-hydrogen) atoms. The first-order valence-corrected chi connectivity index (χ1v) is 5.76. The third-order valence-electron chi connectivity index (χ3n) is 1.77. The molecular formula is C10H15F2NOS. The zero-order chi connectivity index (χ0) is 10.9. The number of rotatable bonds is 8. The second-order valence-corrected chi connectivity index (χ2v) is 4.11. The smallest absolute Gasteiger partial charge is 0.261 e. The number of ether oxygens (including phenoxy) is 1. The van der Waals surface area contributed by atoms with Crippen molar-refractivity contribution in [3.63, 3.8) is 0 Å². The Morgan fingerprint density at radius 1 is 1.47 bits per heavy atom. The molecule has 0 amide bonds. The van der Waals surface area contributed by atoms with Crippen molar-refractivity contribution in [3.05, 3.63) is 22.4 Å². The first-order valence-electron chi connectivity index (χ1n) is 4.88. The highest BCUT2D eigenvalue weighted by Crippen LogP contribution is 2.07. The molecule has 86 valence electrons. The predicted octanol–water partition coefficient (Wildman–Crippen LogP) is 2.51. The van der Waals surface area contributed by atoms with E-state index in [1.54, 1.807) is 11.3 Å². The topological polar surface area (TPSA) is 21.3 Å². The molecule has 0 aromatic carbocycles. The zero-order valence-corrected chi connectivity index (χ0v) is 9.23. The fourth-order valence-corrected chi connectivity index (χ4v) is 1.77. The molecule has 1 aromatic heterocycles. The van der Waals surface area contributed by atoms with Crippen molar-refractivity contribution >= 4 is 11.3 Å². The van der Waals surface area contributed by atoms with E-state index in [0.717, 1.165) is 19.5 Å². The Kier molecular flexibility index (Phi) is 6.47. The zero-order valence-electron chi connectivity index (χ0n) is 8.42. The van der Waals surface area contributed by atoms with Gasteiger partial charge >= 0.3 is 0 Å². The van der Waals surface area contributed by atoms with Crippen LogP contribution in [0.3, 0.4) is 0 Å². The second kappa shape index (κ2) is 7.73. The van der Waals surface area contributed by atoms with Crippen LogP contribution in [0.2, 0.25) is 0 Å². The van der Waals surface area contributed by atoms with Crippen LogP contribution in [0.25, 0.3) is 0 Å². The Balaban J connectivity index is 1.85. The van der Waals surface area contributed by atoms with Gasteiger partial charge in [0.05, 0.1) is 0 Å². The summed E-state index contributed by atoms with van der Waals surface area (Å²) >= 11 is 1.70. The fourth-order valence-electron chi connectivity index (χ4n) is 1.10. The van der Waals surface area contributed by atoms with Crippen molar-refractivity contribution in [1.29, 1.82) is 0 Å². The minimum absolute atomic E-state index is 0.391. The number of alkyl halides is 2. The fraction of sp³-hybridized carbons (Fsp3) is 0.600. The molecule has 0 aliphatic carbocycles. The summed E-state index contributed by atoms with van der Waals surface area (Å²) in [6.07, 6.45) is -1.60. The van der Waals surface area contributed by atoms with E-state index in [9.17, 15) is 8.78 Å². The van der Waals surface area contributed by atoms with E-state index < -0.39 is 13.0 Å². The lowest BCUT2D eigenvalue weighted by atomic mass is 10.4. The second-order valence-electron chi connectivity index (χ2n) is 3.08. The summed E-state index contributed by atoms with van der Waals surface area (Å²) in [6.45, 7) is 1.57. The number of hydrogen-bond donors (Lipinski definition) is 1. The maximum atomic E-state index is 11.7. The van der Waals surface area contributed by atoms with Crippen LogP contribution >= 0.6 is 11.3 Å². The van der Waals surface area contributed by atoms with E-state index in [1.165, 1.54) is 4.88 Å². The van der Waals surface area contributed by atoms with Crippen molar-refractivity contribution in [2.45, 2.75) is 19.4 Å². The Hall–Kier alpha value is -0.520. The van der Waals surface area contributed by atoms with Crippen molar-refractivity contribution in [2.24, 2.45) is 0 Å². The summed E-state index contributed by atoms with van der Waals surface area (Å²) in [4.78, 5) is 1.28. The first kappa shape index (κ1) is 12.5. The molecule has 0 radical (unpaired) electrons. The highest BCUT2D eigenvalue weighted by molar-refractivity contribution is 7.09. The van der Waals surface area contributed by atoms with Crippen molar-refractivity contribution in [1.82, 2.24) is 5.32 Å². The lowest BCUT2D eigenvalue weighted by Gasteiger charge is -2.04. The standard InChI is InChI=1S/C10H15F2NOS/c11-10(12)8-14-5-2-4-13-7-9-3-1-6-15-9/h1,3,6,10,13H,2,4-5,7-8H2. The van der Waals surface area contributed by atoms with Crippen LogP contribution in [0.5, 0.6) is 0 Å². The monoisotopic (exact) mass is 235 g/mol. The number of nitrogens with one attached hydrogen (secondary N) is 1. The average molecular weight is 235 g/mol. The molecule has 0 atom stereocenters. The van der Waals surface area contributed by atoms with Crippen LogP contribution in [0.1, 0.15) is 11.3 Å². The van der Waals surface area contributed by atoms with Crippen LogP contribution in [-0.2, 0) is 11.3 Å². The SMILES string of the molecule is FC(F)COCCCNCc1cccs1. The highest BCUT2D eigenvalue weighted by atomic mass is 32.1. The van der Waals surface area contributed by atoms with E-state index in [2.05, 4.69) is 11.4 Å². The molecule has 0 aliphatic heterocycles. The number of thiophene rings is 1. The molecule has 1 aromatic rings. The molecule has 1 rings (SSSR count). The summed E-state index contributed by atoms with van der Waals surface area (Å²) < 4.78 is 28.1. The van der Waals surface area contributed by atoms with E-state index in [1.807, 2.05) is 11.4 Å². The minimum atomic E-state index is -2.36. The van der Waals surface area contributed by atoms with Crippen LogP contribution in [-0.4, -0.2) is 26.2 Å². The third kappa shape index (κ3) is 6.54. The maximum Gasteiger partial charge on any atom is 0.261 e. The molecule has 2 nitrogen and oxygen atoms in total. The largest absolute Gasteiger partial charge is 0.375 e. The highest BCUT2D eigenvalue weighted by Gasteiger charge is 2.00. The van der Waals surface area contributed by atoms with Gasteiger partial charge in [-0.15, -0.1) is 11.3 Å². The minimum Gasteiger partial charge on any atom is -0.375 e. The summed E-state index contributed by atoms with van der Waals surface area (Å²) in [7, 11) is 0. The molecule has 1 N–H and O–H groups in total. The van der Waals surface area contributed by atoms with E-state index >= 15 is 0 Å². The van der Waals surface area contributed by atoms with Crippen LogP contribution in [0.4, 0.5) is 8.78 Å². The Bertz CT molecular complexity index is 242. The third-order valence-corrected chi connectivity index (χ3v) is 2.64. The van der Waals surface area contributed by atoms with Gasteiger partial charge in [0.25, 0.3) is 6.43 Å². The van der Waals surface area contributed by atoms with Gasteiger partial charge in [0.2, 0.25) is 0 Å². The Morgan fingerprint density at radius 3 is 3.00 bits per heavy atom. The van der Waals surface area contributed by atoms with Gasteiger partial charge in [0, 0.05) is 18.0 Å². The summed E-state index contributed by atoms with van der Waals surface area (Å²) in [5.41, 5.74) is 0. The van der Waals surface area contributed by atoms with Gasteiger partial charge in [-0.2, -0.15) is 0 Å². The van der Waals surface area contributed by atoms with Crippen molar-refractivity contribution in [2.75, 3.05) is 19.8 Å². The van der Waals surface area contributed by atoms with Crippen LogP contribution in [0, 0.1) is 0 Å². The maximum absolute atomic E-state index is 11.7. The molecule has 0 aliphatic rings. The summed E-state index contributed by atoms with van der Waals surface area (Å²) in [5.74, 6) is 0. The summed E-state index contributed by atoms with van der Waals surface area (Å²) in [6, 6.07) is 4.07. The molecule has 0 saturated heterocycles. The lowest BCUT2D eigenvalue weighted by Crippen LogP contribution is -2.16. The van der Waals surface area contributed by atoms with E-state index in [-0.39, 0.29) is 0 Å². The quantitative estimate of drug-likeness (QED) is 0.699. The van der Waals surface area contributed by atoms with Gasteiger partial charge in [0.15, 0.2) is 0 Å². The molecular weight excluding hydrogens is 220 g/mol. The Labute approximate surface area is 92.3 Å². The van der Waals surface area contributed by atoms with Crippen molar-refractivity contribution < 1.29 is 13.5 Å². The molecule has 0 bridgehead atoms. The van der Waals surface area contributed by atoms with Crippen LogP contribution < -0.4 is 5.32 Å². The van der Waals surface area contributed by atoms with Gasteiger partial charge in [-0.25, -0.2) is 8.78 Å². The molecule has 0 fully saturated rings. The van der Waals surface area contributed by atoms with Gasteiger partial charge in [0.1, 0.15) is 6.61 Å². The van der Waals surface area contributed by atoms with Crippen molar-refractivity contribution in [3.8, 4) is 0 Å². The molecule has 1 heterocycles.